The van der Waals surface area contributed by atoms with Crippen molar-refractivity contribution in [3.63, 3.8) is 0 Å². The molecule has 0 amide bonds. The molecule has 0 saturated carbocycles. The molecule has 0 aliphatic carbocycles. The van der Waals surface area contributed by atoms with Gasteiger partial charge in [-0.2, -0.15) is 0 Å². The molecule has 15 heavy (non-hydrogen) atoms. The van der Waals surface area contributed by atoms with E-state index in [1.807, 2.05) is 11.8 Å². The fourth-order valence-electron chi connectivity index (χ4n) is 2.03. The van der Waals surface area contributed by atoms with Crippen LogP contribution in [0.1, 0.15) is 31.7 Å². The first-order valence-corrected chi connectivity index (χ1v) is 6.64. The minimum absolute atomic E-state index is 0.335. The molecular formula is C13H19NS. The van der Waals surface area contributed by atoms with Gasteiger partial charge in [-0.1, -0.05) is 32.0 Å². The van der Waals surface area contributed by atoms with Gasteiger partial charge in [0.25, 0.3) is 0 Å². The molecule has 0 saturated heterocycles. The molecule has 0 bridgehead atoms. The summed E-state index contributed by atoms with van der Waals surface area (Å²) >= 11 is 1.97. The van der Waals surface area contributed by atoms with Crippen molar-refractivity contribution in [1.82, 2.24) is 0 Å². The third-order valence-electron chi connectivity index (χ3n) is 3.21. The number of fused-ring (bicyclic) bond motifs is 1. The summed E-state index contributed by atoms with van der Waals surface area (Å²) in [6, 6.07) is 9.07. The maximum Gasteiger partial charge on any atom is 0.0107 e. The molecule has 1 heterocycles. The predicted molar refractivity (Wildman–Crippen MR) is 67.3 cm³/mol. The molecule has 1 aromatic carbocycles. The Labute approximate surface area is 96.4 Å². The van der Waals surface area contributed by atoms with Crippen LogP contribution in [0.2, 0.25) is 0 Å². The summed E-state index contributed by atoms with van der Waals surface area (Å²) in [6.45, 7) is 4.41. The summed E-state index contributed by atoms with van der Waals surface area (Å²) in [7, 11) is 0. The van der Waals surface area contributed by atoms with Gasteiger partial charge < -0.3 is 5.73 Å². The first-order chi connectivity index (χ1) is 7.18. The SMILES string of the molecule is CC(C)C(N)CC1CSc2ccccc21. The molecule has 1 aliphatic rings. The van der Waals surface area contributed by atoms with Crippen molar-refractivity contribution in [1.29, 1.82) is 0 Å². The average Bonchev–Trinajstić information content (AvgIpc) is 2.62. The minimum atomic E-state index is 0.335. The summed E-state index contributed by atoms with van der Waals surface area (Å²) in [5, 5.41) is 0. The Morgan fingerprint density at radius 3 is 2.87 bits per heavy atom. The zero-order valence-corrected chi connectivity index (χ0v) is 10.3. The fraction of sp³-hybridized carbons (Fsp3) is 0.538. The monoisotopic (exact) mass is 221 g/mol. The Bertz CT molecular complexity index is 335. The van der Waals surface area contributed by atoms with E-state index in [2.05, 4.69) is 38.1 Å². The van der Waals surface area contributed by atoms with E-state index < -0.39 is 0 Å². The lowest BCUT2D eigenvalue weighted by molar-refractivity contribution is 0.439. The normalized spacial score (nSPS) is 21.7. The van der Waals surface area contributed by atoms with Crippen LogP contribution in [0.5, 0.6) is 0 Å². The summed E-state index contributed by atoms with van der Waals surface area (Å²) in [6.07, 6.45) is 1.13. The zero-order valence-electron chi connectivity index (χ0n) is 9.44. The van der Waals surface area contributed by atoms with Gasteiger partial charge in [0, 0.05) is 16.7 Å². The Balaban J connectivity index is 2.08. The van der Waals surface area contributed by atoms with E-state index in [-0.39, 0.29) is 0 Å². The summed E-state index contributed by atoms with van der Waals surface area (Å²) in [4.78, 5) is 1.46. The highest BCUT2D eigenvalue weighted by atomic mass is 32.2. The second kappa shape index (κ2) is 4.58. The number of thioether (sulfide) groups is 1. The van der Waals surface area contributed by atoms with Crippen molar-refractivity contribution in [3.8, 4) is 0 Å². The van der Waals surface area contributed by atoms with Crippen LogP contribution in [0.15, 0.2) is 29.2 Å². The van der Waals surface area contributed by atoms with E-state index in [4.69, 9.17) is 5.73 Å². The van der Waals surface area contributed by atoms with E-state index in [1.165, 1.54) is 16.2 Å². The molecule has 2 unspecified atom stereocenters. The molecule has 2 atom stereocenters. The highest BCUT2D eigenvalue weighted by molar-refractivity contribution is 7.99. The first-order valence-electron chi connectivity index (χ1n) is 5.65. The molecule has 1 aromatic rings. The van der Waals surface area contributed by atoms with Crippen LogP contribution in [-0.2, 0) is 0 Å². The standard InChI is InChI=1S/C13H19NS/c1-9(2)12(14)7-10-8-15-13-6-4-3-5-11(10)13/h3-6,9-10,12H,7-8,14H2,1-2H3. The Hall–Kier alpha value is -0.470. The summed E-state index contributed by atoms with van der Waals surface area (Å²) in [5.41, 5.74) is 7.66. The van der Waals surface area contributed by atoms with Crippen LogP contribution in [-0.4, -0.2) is 11.8 Å². The number of benzene rings is 1. The fourth-order valence-corrected chi connectivity index (χ4v) is 3.30. The molecule has 82 valence electrons. The quantitative estimate of drug-likeness (QED) is 0.848. The topological polar surface area (TPSA) is 26.0 Å². The molecule has 1 aliphatic heterocycles. The lowest BCUT2D eigenvalue weighted by Crippen LogP contribution is -2.28. The van der Waals surface area contributed by atoms with Gasteiger partial charge in [-0.25, -0.2) is 0 Å². The summed E-state index contributed by atoms with van der Waals surface area (Å²) in [5.74, 6) is 2.46. The highest BCUT2D eigenvalue weighted by Gasteiger charge is 2.25. The molecule has 2 rings (SSSR count). The van der Waals surface area contributed by atoms with Crippen LogP contribution in [0.25, 0.3) is 0 Å². The highest BCUT2D eigenvalue weighted by Crippen LogP contribution is 2.41. The predicted octanol–water partition coefficient (Wildman–Crippen LogP) is 3.25. The van der Waals surface area contributed by atoms with Gasteiger partial charge in [-0.3, -0.25) is 0 Å². The number of hydrogen-bond donors (Lipinski definition) is 1. The van der Waals surface area contributed by atoms with Crippen LogP contribution in [0.3, 0.4) is 0 Å². The van der Waals surface area contributed by atoms with Crippen LogP contribution < -0.4 is 5.73 Å². The second-order valence-electron chi connectivity index (χ2n) is 4.69. The minimum Gasteiger partial charge on any atom is -0.327 e. The molecule has 2 heteroatoms. The van der Waals surface area contributed by atoms with E-state index in [0.29, 0.717) is 17.9 Å². The number of hydrogen-bond acceptors (Lipinski definition) is 2. The van der Waals surface area contributed by atoms with Crippen LogP contribution in [0, 0.1) is 5.92 Å². The van der Waals surface area contributed by atoms with Crippen molar-refractivity contribution in [2.24, 2.45) is 11.7 Å². The van der Waals surface area contributed by atoms with Gasteiger partial charge in [0.15, 0.2) is 0 Å². The maximum atomic E-state index is 6.14. The van der Waals surface area contributed by atoms with E-state index in [1.54, 1.807) is 0 Å². The second-order valence-corrected chi connectivity index (χ2v) is 5.75. The van der Waals surface area contributed by atoms with Crippen LogP contribution in [0.4, 0.5) is 0 Å². The van der Waals surface area contributed by atoms with Crippen molar-refractivity contribution < 1.29 is 0 Å². The van der Waals surface area contributed by atoms with Gasteiger partial charge in [-0.05, 0) is 29.9 Å². The van der Waals surface area contributed by atoms with E-state index in [0.717, 1.165) is 6.42 Å². The number of nitrogens with two attached hydrogens (primary N) is 1. The van der Waals surface area contributed by atoms with Crippen molar-refractivity contribution in [2.45, 2.75) is 37.1 Å². The third-order valence-corrected chi connectivity index (χ3v) is 4.46. The van der Waals surface area contributed by atoms with E-state index in [9.17, 15) is 0 Å². The zero-order chi connectivity index (χ0) is 10.8. The molecule has 1 nitrogen and oxygen atoms in total. The van der Waals surface area contributed by atoms with E-state index >= 15 is 0 Å². The van der Waals surface area contributed by atoms with Gasteiger partial charge in [0.1, 0.15) is 0 Å². The smallest absolute Gasteiger partial charge is 0.0107 e. The van der Waals surface area contributed by atoms with Gasteiger partial charge in [0.05, 0.1) is 0 Å². The van der Waals surface area contributed by atoms with Crippen molar-refractivity contribution >= 4 is 11.8 Å². The molecule has 2 N–H and O–H groups in total. The lowest BCUT2D eigenvalue weighted by atomic mass is 9.90. The molecular weight excluding hydrogens is 202 g/mol. The Morgan fingerprint density at radius 1 is 1.40 bits per heavy atom. The van der Waals surface area contributed by atoms with Crippen molar-refractivity contribution in [3.05, 3.63) is 29.8 Å². The van der Waals surface area contributed by atoms with Crippen molar-refractivity contribution in [2.75, 3.05) is 5.75 Å². The van der Waals surface area contributed by atoms with Crippen LogP contribution >= 0.6 is 11.8 Å². The molecule has 0 fully saturated rings. The Morgan fingerprint density at radius 2 is 2.13 bits per heavy atom. The maximum absolute atomic E-state index is 6.14. The first kappa shape index (κ1) is 11.0. The molecule has 0 spiro atoms. The van der Waals surface area contributed by atoms with Gasteiger partial charge in [-0.15, -0.1) is 11.8 Å². The number of rotatable bonds is 3. The molecule has 0 radical (unpaired) electrons. The van der Waals surface area contributed by atoms with Gasteiger partial charge in [0.2, 0.25) is 0 Å². The summed E-state index contributed by atoms with van der Waals surface area (Å²) < 4.78 is 0. The third kappa shape index (κ3) is 2.37. The Kier molecular flexibility index (Phi) is 3.37. The lowest BCUT2D eigenvalue weighted by Gasteiger charge is -2.20. The average molecular weight is 221 g/mol. The van der Waals surface area contributed by atoms with Gasteiger partial charge >= 0.3 is 0 Å². The molecule has 0 aromatic heterocycles. The largest absolute Gasteiger partial charge is 0.327 e.